The Balaban J connectivity index is 2.53. The largest absolute Gasteiger partial charge is 0.495 e. The fourth-order valence-corrected chi connectivity index (χ4v) is 1.72. The van der Waals surface area contributed by atoms with Gasteiger partial charge in [0.1, 0.15) is 12.3 Å². The molecule has 5 nitrogen and oxygen atoms in total. The topological polar surface area (TPSA) is 75.6 Å². The van der Waals surface area contributed by atoms with Gasteiger partial charge in [-0.25, -0.2) is 0 Å². The smallest absolute Gasteiger partial charge is 0.322 e. The standard InChI is InChI=1S/C12H14ClNO4/c1-18-9-4-2-3-8(12(9)13)5-6-10(15)14-7-11(16)17/h2-4H,5-7H2,1H3,(H,14,15)(H,16,17). The maximum atomic E-state index is 11.3. The Morgan fingerprint density at radius 1 is 1.44 bits per heavy atom. The van der Waals surface area contributed by atoms with Crippen molar-refractivity contribution in [1.82, 2.24) is 5.32 Å². The molecule has 0 aromatic heterocycles. The molecule has 0 spiro atoms. The van der Waals surface area contributed by atoms with Crippen molar-refractivity contribution < 1.29 is 19.4 Å². The van der Waals surface area contributed by atoms with Crippen LogP contribution in [0.2, 0.25) is 5.02 Å². The summed E-state index contributed by atoms with van der Waals surface area (Å²) in [6, 6.07) is 5.32. The molecule has 6 heteroatoms. The number of rotatable bonds is 6. The number of aryl methyl sites for hydroxylation is 1. The van der Waals surface area contributed by atoms with Crippen molar-refractivity contribution in [3.63, 3.8) is 0 Å². The van der Waals surface area contributed by atoms with Crippen molar-refractivity contribution in [3.8, 4) is 5.75 Å². The van der Waals surface area contributed by atoms with Crippen LogP contribution >= 0.6 is 11.6 Å². The second-order valence-electron chi connectivity index (χ2n) is 3.60. The van der Waals surface area contributed by atoms with Gasteiger partial charge in [-0.1, -0.05) is 23.7 Å². The van der Waals surface area contributed by atoms with E-state index in [1.807, 2.05) is 0 Å². The summed E-state index contributed by atoms with van der Waals surface area (Å²) >= 11 is 6.07. The number of methoxy groups -OCH3 is 1. The van der Waals surface area contributed by atoms with Crippen molar-refractivity contribution in [2.75, 3.05) is 13.7 Å². The molecule has 1 rings (SSSR count). The second kappa shape index (κ2) is 6.86. The highest BCUT2D eigenvalue weighted by Gasteiger charge is 2.09. The first-order chi connectivity index (χ1) is 8.54. The van der Waals surface area contributed by atoms with Crippen LogP contribution < -0.4 is 10.1 Å². The van der Waals surface area contributed by atoms with Gasteiger partial charge >= 0.3 is 5.97 Å². The fraction of sp³-hybridized carbons (Fsp3) is 0.333. The number of nitrogens with one attached hydrogen (secondary N) is 1. The Labute approximate surface area is 110 Å². The summed E-state index contributed by atoms with van der Waals surface area (Å²) < 4.78 is 5.06. The predicted octanol–water partition coefficient (Wildman–Crippen LogP) is 1.48. The van der Waals surface area contributed by atoms with Crippen LogP contribution in [0.25, 0.3) is 0 Å². The summed E-state index contributed by atoms with van der Waals surface area (Å²) in [6.45, 7) is -0.370. The van der Waals surface area contributed by atoms with E-state index in [9.17, 15) is 9.59 Å². The van der Waals surface area contributed by atoms with Crippen molar-refractivity contribution in [3.05, 3.63) is 28.8 Å². The number of carbonyl (C=O) groups excluding carboxylic acids is 1. The maximum absolute atomic E-state index is 11.3. The molecule has 1 aromatic carbocycles. The first-order valence-corrected chi connectivity index (χ1v) is 5.72. The minimum atomic E-state index is -1.07. The molecule has 0 fully saturated rings. The molecule has 0 aliphatic rings. The first kappa shape index (κ1) is 14.3. The molecule has 2 N–H and O–H groups in total. The SMILES string of the molecule is COc1cccc(CCC(=O)NCC(=O)O)c1Cl. The van der Waals surface area contributed by atoms with Gasteiger partial charge in [-0.05, 0) is 18.1 Å². The van der Waals surface area contributed by atoms with Gasteiger partial charge in [-0.3, -0.25) is 9.59 Å². The molecule has 0 atom stereocenters. The van der Waals surface area contributed by atoms with Crippen LogP contribution in [-0.2, 0) is 16.0 Å². The van der Waals surface area contributed by atoms with E-state index in [0.29, 0.717) is 17.2 Å². The molecule has 0 radical (unpaired) electrons. The third-order valence-corrected chi connectivity index (χ3v) is 2.75. The zero-order chi connectivity index (χ0) is 13.5. The lowest BCUT2D eigenvalue weighted by atomic mass is 10.1. The van der Waals surface area contributed by atoms with Gasteiger partial charge in [0.05, 0.1) is 12.1 Å². The normalized spacial score (nSPS) is 9.89. The van der Waals surface area contributed by atoms with Crippen LogP contribution in [0, 0.1) is 0 Å². The van der Waals surface area contributed by atoms with Gasteiger partial charge < -0.3 is 15.2 Å². The summed E-state index contributed by atoms with van der Waals surface area (Å²) in [5, 5.41) is 11.2. The second-order valence-corrected chi connectivity index (χ2v) is 3.98. The summed E-state index contributed by atoms with van der Waals surface area (Å²) in [5.74, 6) is -0.834. The predicted molar refractivity (Wildman–Crippen MR) is 67.0 cm³/mol. The van der Waals surface area contributed by atoms with E-state index in [-0.39, 0.29) is 18.9 Å². The molecule has 98 valence electrons. The lowest BCUT2D eigenvalue weighted by Gasteiger charge is -2.08. The Morgan fingerprint density at radius 3 is 2.78 bits per heavy atom. The molecule has 0 bridgehead atoms. The van der Waals surface area contributed by atoms with Crippen LogP contribution in [0.4, 0.5) is 0 Å². The van der Waals surface area contributed by atoms with Gasteiger partial charge in [-0.15, -0.1) is 0 Å². The van der Waals surface area contributed by atoms with E-state index < -0.39 is 5.97 Å². The molecular weight excluding hydrogens is 258 g/mol. The average Bonchev–Trinajstić information content (AvgIpc) is 2.35. The molecule has 0 aliphatic carbocycles. The van der Waals surface area contributed by atoms with Gasteiger partial charge in [0.25, 0.3) is 0 Å². The summed E-state index contributed by atoms with van der Waals surface area (Å²) in [4.78, 5) is 21.6. The van der Waals surface area contributed by atoms with Crippen molar-refractivity contribution >= 4 is 23.5 Å². The molecule has 0 saturated heterocycles. The number of halogens is 1. The summed E-state index contributed by atoms with van der Waals surface area (Å²) in [7, 11) is 1.52. The Morgan fingerprint density at radius 2 is 2.17 bits per heavy atom. The van der Waals surface area contributed by atoms with Gasteiger partial charge in [0.15, 0.2) is 0 Å². The molecule has 0 aliphatic heterocycles. The number of hydrogen-bond donors (Lipinski definition) is 2. The molecule has 18 heavy (non-hydrogen) atoms. The van der Waals surface area contributed by atoms with Crippen molar-refractivity contribution in [1.29, 1.82) is 0 Å². The average molecular weight is 272 g/mol. The molecule has 1 aromatic rings. The van der Waals surface area contributed by atoms with Gasteiger partial charge in [0.2, 0.25) is 5.91 Å². The van der Waals surface area contributed by atoms with Crippen LogP contribution in [0.15, 0.2) is 18.2 Å². The third kappa shape index (κ3) is 4.25. The Hall–Kier alpha value is -1.75. The van der Waals surface area contributed by atoms with E-state index in [2.05, 4.69) is 5.32 Å². The zero-order valence-corrected chi connectivity index (χ0v) is 10.7. The number of aliphatic carboxylic acids is 1. The van der Waals surface area contributed by atoms with Crippen molar-refractivity contribution in [2.24, 2.45) is 0 Å². The monoisotopic (exact) mass is 271 g/mol. The van der Waals surface area contributed by atoms with Crippen LogP contribution in [-0.4, -0.2) is 30.6 Å². The van der Waals surface area contributed by atoms with E-state index in [1.165, 1.54) is 7.11 Å². The van der Waals surface area contributed by atoms with E-state index >= 15 is 0 Å². The highest BCUT2D eigenvalue weighted by Crippen LogP contribution is 2.28. The molecule has 0 unspecified atom stereocenters. The van der Waals surface area contributed by atoms with Crippen LogP contribution in [0.5, 0.6) is 5.75 Å². The Bertz CT molecular complexity index is 448. The first-order valence-electron chi connectivity index (χ1n) is 5.34. The van der Waals surface area contributed by atoms with E-state index in [4.69, 9.17) is 21.4 Å². The van der Waals surface area contributed by atoms with E-state index in [0.717, 1.165) is 5.56 Å². The minimum absolute atomic E-state index is 0.181. The van der Waals surface area contributed by atoms with Gasteiger partial charge in [0, 0.05) is 6.42 Å². The van der Waals surface area contributed by atoms with Crippen LogP contribution in [0.1, 0.15) is 12.0 Å². The number of hydrogen-bond acceptors (Lipinski definition) is 3. The number of carbonyl (C=O) groups is 2. The maximum Gasteiger partial charge on any atom is 0.322 e. The van der Waals surface area contributed by atoms with Crippen LogP contribution in [0.3, 0.4) is 0 Å². The molecule has 0 saturated carbocycles. The highest BCUT2D eigenvalue weighted by atomic mass is 35.5. The van der Waals surface area contributed by atoms with E-state index in [1.54, 1.807) is 18.2 Å². The lowest BCUT2D eigenvalue weighted by molar-refractivity contribution is -0.137. The summed E-state index contributed by atoms with van der Waals surface area (Å²) in [5.41, 5.74) is 0.793. The Kier molecular flexibility index (Phi) is 5.45. The number of amides is 1. The third-order valence-electron chi connectivity index (χ3n) is 2.32. The van der Waals surface area contributed by atoms with Gasteiger partial charge in [-0.2, -0.15) is 0 Å². The van der Waals surface area contributed by atoms with Crippen molar-refractivity contribution in [2.45, 2.75) is 12.8 Å². The number of ether oxygens (including phenoxy) is 1. The number of carboxylic acids is 1. The fourth-order valence-electron chi connectivity index (χ4n) is 1.42. The number of benzene rings is 1. The number of carboxylic acid groups (broad SMARTS) is 1. The zero-order valence-electron chi connectivity index (χ0n) is 9.90. The highest BCUT2D eigenvalue weighted by molar-refractivity contribution is 6.32. The quantitative estimate of drug-likeness (QED) is 0.822. The lowest BCUT2D eigenvalue weighted by Crippen LogP contribution is -2.29. The molecule has 0 heterocycles. The molecular formula is C12H14ClNO4. The minimum Gasteiger partial charge on any atom is -0.495 e. The molecule has 1 amide bonds. The summed E-state index contributed by atoms with van der Waals surface area (Å²) in [6.07, 6.45) is 0.613.